The molecule has 1 aliphatic heterocycles. The van der Waals surface area contributed by atoms with Crippen molar-refractivity contribution >= 4 is 16.6 Å². The Hall–Kier alpha value is -1.65. The van der Waals surface area contributed by atoms with Crippen LogP contribution in [0.1, 0.15) is 18.5 Å². The Bertz CT molecular complexity index is 613. The second kappa shape index (κ2) is 6.41. The van der Waals surface area contributed by atoms with Crippen molar-refractivity contribution in [3.63, 3.8) is 0 Å². The van der Waals surface area contributed by atoms with Gasteiger partial charge in [-0.05, 0) is 30.9 Å². The maximum Gasteiger partial charge on any atom is 0.0854 e. The zero-order chi connectivity index (χ0) is 14.7. The van der Waals surface area contributed by atoms with Crippen LogP contribution in [0.25, 0.3) is 10.9 Å². The van der Waals surface area contributed by atoms with E-state index in [0.717, 1.165) is 36.3 Å². The maximum absolute atomic E-state index is 9.46. The third-order valence-corrected chi connectivity index (χ3v) is 4.17. The number of hydrogen-bond acceptors (Lipinski definition) is 4. The van der Waals surface area contributed by atoms with Gasteiger partial charge in [0.05, 0.1) is 24.4 Å². The van der Waals surface area contributed by atoms with Gasteiger partial charge in [-0.25, -0.2) is 0 Å². The first-order valence-corrected chi connectivity index (χ1v) is 7.55. The molecule has 21 heavy (non-hydrogen) atoms. The number of aromatic nitrogens is 1. The van der Waals surface area contributed by atoms with Crippen LogP contribution in [0.15, 0.2) is 30.3 Å². The Balaban J connectivity index is 1.98. The first-order chi connectivity index (χ1) is 10.3. The topological polar surface area (TPSA) is 45.6 Å². The number of nitrogens with zero attached hydrogens (tertiary/aromatic N) is 2. The van der Waals surface area contributed by atoms with E-state index in [1.54, 1.807) is 7.11 Å². The molecule has 4 nitrogen and oxygen atoms in total. The molecule has 0 saturated carbocycles. The number of ether oxygens (including phenoxy) is 1. The van der Waals surface area contributed by atoms with Gasteiger partial charge in [-0.1, -0.05) is 18.2 Å². The summed E-state index contributed by atoms with van der Waals surface area (Å²) in [5, 5.41) is 10.6. The summed E-state index contributed by atoms with van der Waals surface area (Å²) < 4.78 is 5.32. The molecule has 1 aromatic heterocycles. The second-order valence-electron chi connectivity index (χ2n) is 5.72. The van der Waals surface area contributed by atoms with Crippen LogP contribution in [0.5, 0.6) is 0 Å². The zero-order valence-corrected chi connectivity index (χ0v) is 12.5. The largest absolute Gasteiger partial charge is 0.390 e. The standard InChI is InChI=1S/C17H22N2O2/c1-21-12-13-5-4-8-19(10-13)17-9-14(11-20)18-16-7-3-2-6-15(16)17/h2-3,6-7,9,13,20H,4-5,8,10-12H2,1H3. The van der Waals surface area contributed by atoms with E-state index in [0.29, 0.717) is 5.92 Å². The molecular weight excluding hydrogens is 264 g/mol. The molecule has 0 spiro atoms. The fraction of sp³-hybridized carbons (Fsp3) is 0.471. The summed E-state index contributed by atoms with van der Waals surface area (Å²) >= 11 is 0. The monoisotopic (exact) mass is 286 g/mol. The van der Waals surface area contributed by atoms with Gasteiger partial charge in [0.2, 0.25) is 0 Å². The minimum Gasteiger partial charge on any atom is -0.390 e. The summed E-state index contributed by atoms with van der Waals surface area (Å²) in [6.07, 6.45) is 2.40. The molecule has 1 fully saturated rings. The molecule has 1 unspecified atom stereocenters. The molecule has 112 valence electrons. The number of rotatable bonds is 4. The number of para-hydroxylation sites is 1. The minimum absolute atomic E-state index is 0.0207. The Morgan fingerprint density at radius 1 is 1.38 bits per heavy atom. The van der Waals surface area contributed by atoms with Gasteiger partial charge >= 0.3 is 0 Å². The van der Waals surface area contributed by atoms with Crippen LogP contribution < -0.4 is 4.90 Å². The normalized spacial score (nSPS) is 19.1. The van der Waals surface area contributed by atoms with E-state index in [9.17, 15) is 5.11 Å². The molecule has 0 bridgehead atoms. The highest BCUT2D eigenvalue weighted by Crippen LogP contribution is 2.30. The molecule has 1 atom stereocenters. The summed E-state index contributed by atoms with van der Waals surface area (Å²) in [6, 6.07) is 10.2. The number of aliphatic hydroxyl groups is 1. The predicted molar refractivity (Wildman–Crippen MR) is 84.5 cm³/mol. The smallest absolute Gasteiger partial charge is 0.0854 e. The lowest BCUT2D eigenvalue weighted by atomic mass is 9.97. The highest BCUT2D eigenvalue weighted by Gasteiger charge is 2.22. The number of piperidine rings is 1. The van der Waals surface area contributed by atoms with Gasteiger partial charge in [-0.15, -0.1) is 0 Å². The van der Waals surface area contributed by atoms with Crippen molar-refractivity contribution in [2.45, 2.75) is 19.4 Å². The minimum atomic E-state index is -0.0207. The van der Waals surface area contributed by atoms with E-state index in [-0.39, 0.29) is 6.61 Å². The van der Waals surface area contributed by atoms with Gasteiger partial charge in [-0.2, -0.15) is 0 Å². The Labute approximate surface area is 125 Å². The van der Waals surface area contributed by atoms with Crippen LogP contribution in [-0.4, -0.2) is 36.9 Å². The molecule has 4 heteroatoms. The summed E-state index contributed by atoms with van der Waals surface area (Å²) in [5.74, 6) is 0.577. The molecule has 1 saturated heterocycles. The van der Waals surface area contributed by atoms with Crippen molar-refractivity contribution in [2.24, 2.45) is 5.92 Å². The fourth-order valence-corrected chi connectivity index (χ4v) is 3.21. The van der Waals surface area contributed by atoms with Crippen LogP contribution in [0.2, 0.25) is 0 Å². The van der Waals surface area contributed by atoms with Crippen LogP contribution in [0.4, 0.5) is 5.69 Å². The molecule has 0 radical (unpaired) electrons. The summed E-state index contributed by atoms with van der Waals surface area (Å²) in [6.45, 7) is 2.85. The van der Waals surface area contributed by atoms with Crippen LogP contribution >= 0.6 is 0 Å². The first-order valence-electron chi connectivity index (χ1n) is 7.55. The number of pyridine rings is 1. The zero-order valence-electron chi connectivity index (χ0n) is 12.5. The SMILES string of the molecule is COCC1CCCN(c2cc(CO)nc3ccccc23)C1. The highest BCUT2D eigenvalue weighted by atomic mass is 16.5. The van der Waals surface area contributed by atoms with Gasteiger partial charge in [-0.3, -0.25) is 4.98 Å². The molecule has 0 amide bonds. The third-order valence-electron chi connectivity index (χ3n) is 4.17. The Kier molecular flexibility index (Phi) is 4.36. The average molecular weight is 286 g/mol. The molecule has 1 aliphatic rings. The van der Waals surface area contributed by atoms with Crippen molar-refractivity contribution in [1.29, 1.82) is 0 Å². The van der Waals surface area contributed by atoms with Crippen LogP contribution in [-0.2, 0) is 11.3 Å². The van der Waals surface area contributed by atoms with Gasteiger partial charge in [0, 0.05) is 31.3 Å². The number of hydrogen-bond donors (Lipinski definition) is 1. The first kappa shape index (κ1) is 14.3. The van der Waals surface area contributed by atoms with E-state index in [1.807, 2.05) is 24.3 Å². The molecular formula is C17H22N2O2. The van der Waals surface area contributed by atoms with Crippen LogP contribution in [0.3, 0.4) is 0 Å². The number of anilines is 1. The molecule has 1 aromatic carbocycles. The Morgan fingerprint density at radius 3 is 3.05 bits per heavy atom. The van der Waals surface area contributed by atoms with Gasteiger partial charge < -0.3 is 14.7 Å². The summed E-state index contributed by atoms with van der Waals surface area (Å²) in [4.78, 5) is 6.92. The third kappa shape index (κ3) is 3.01. The molecule has 1 N–H and O–H groups in total. The van der Waals surface area contributed by atoms with Crippen LogP contribution in [0, 0.1) is 5.92 Å². The van der Waals surface area contributed by atoms with Crippen molar-refractivity contribution < 1.29 is 9.84 Å². The fourth-order valence-electron chi connectivity index (χ4n) is 3.21. The van der Waals surface area contributed by atoms with Crippen molar-refractivity contribution in [1.82, 2.24) is 4.98 Å². The number of fused-ring (bicyclic) bond motifs is 1. The van der Waals surface area contributed by atoms with Gasteiger partial charge in [0.1, 0.15) is 0 Å². The maximum atomic E-state index is 9.46. The van der Waals surface area contributed by atoms with Gasteiger partial charge in [0.15, 0.2) is 0 Å². The molecule has 2 heterocycles. The van der Waals surface area contributed by atoms with Gasteiger partial charge in [0.25, 0.3) is 0 Å². The molecule has 3 rings (SSSR count). The quantitative estimate of drug-likeness (QED) is 0.938. The summed E-state index contributed by atoms with van der Waals surface area (Å²) in [7, 11) is 1.77. The average Bonchev–Trinajstić information content (AvgIpc) is 2.54. The lowest BCUT2D eigenvalue weighted by Gasteiger charge is -2.35. The van der Waals surface area contributed by atoms with E-state index >= 15 is 0 Å². The van der Waals surface area contributed by atoms with Crippen molar-refractivity contribution in [3.05, 3.63) is 36.0 Å². The number of methoxy groups -OCH3 is 1. The van der Waals surface area contributed by atoms with E-state index in [2.05, 4.69) is 16.0 Å². The Morgan fingerprint density at radius 2 is 2.24 bits per heavy atom. The van der Waals surface area contributed by atoms with E-state index in [1.165, 1.54) is 18.5 Å². The van der Waals surface area contributed by atoms with Crippen molar-refractivity contribution in [2.75, 3.05) is 31.7 Å². The molecule has 2 aromatic rings. The second-order valence-corrected chi connectivity index (χ2v) is 5.72. The lowest BCUT2D eigenvalue weighted by Crippen LogP contribution is -2.37. The highest BCUT2D eigenvalue weighted by molar-refractivity contribution is 5.92. The lowest BCUT2D eigenvalue weighted by molar-refractivity contribution is 0.143. The predicted octanol–water partition coefficient (Wildman–Crippen LogP) is 2.59. The molecule has 0 aliphatic carbocycles. The van der Waals surface area contributed by atoms with Crippen molar-refractivity contribution in [3.8, 4) is 0 Å². The summed E-state index contributed by atoms with van der Waals surface area (Å²) in [5.41, 5.74) is 2.87. The van der Waals surface area contributed by atoms with E-state index in [4.69, 9.17) is 4.74 Å². The number of aliphatic hydroxyl groups excluding tert-OH is 1. The number of benzene rings is 1. The van der Waals surface area contributed by atoms with E-state index < -0.39 is 0 Å².